The number of amides is 1. The fourth-order valence-corrected chi connectivity index (χ4v) is 3.06. The van der Waals surface area contributed by atoms with Crippen LogP contribution in [0.2, 0.25) is 10.0 Å². The summed E-state index contributed by atoms with van der Waals surface area (Å²) >= 11 is 13.4. The molecule has 2 rings (SSSR count). The monoisotopic (exact) mass is 371 g/mol. The molecule has 2 aromatic rings. The first-order valence-electron chi connectivity index (χ1n) is 6.64. The molecule has 0 aliphatic heterocycles. The minimum absolute atomic E-state index is 0.195. The van der Waals surface area contributed by atoms with E-state index in [2.05, 4.69) is 5.32 Å². The number of carbonyl (C=O) groups is 1. The quantitative estimate of drug-likeness (QED) is 0.744. The molecule has 1 amide bonds. The summed E-state index contributed by atoms with van der Waals surface area (Å²) in [6, 6.07) is 10.5. The number of nitrogens with one attached hydrogen (secondary N) is 1. The Morgan fingerprint density at radius 1 is 1.09 bits per heavy atom. The molecular formula is C16H15Cl2NO3S. The fourth-order valence-electron chi connectivity index (χ4n) is 1.85. The van der Waals surface area contributed by atoms with E-state index in [1.54, 1.807) is 38.5 Å². The van der Waals surface area contributed by atoms with Crippen LogP contribution in [-0.2, 0) is 4.79 Å². The van der Waals surface area contributed by atoms with Crippen molar-refractivity contribution in [2.75, 3.05) is 25.3 Å². The lowest BCUT2D eigenvalue weighted by molar-refractivity contribution is -0.113. The molecule has 122 valence electrons. The molecule has 0 radical (unpaired) electrons. The number of thioether (sulfide) groups is 1. The zero-order valence-corrected chi connectivity index (χ0v) is 14.9. The summed E-state index contributed by atoms with van der Waals surface area (Å²) < 4.78 is 10.4. The highest BCUT2D eigenvalue weighted by atomic mass is 35.5. The van der Waals surface area contributed by atoms with Crippen molar-refractivity contribution in [3.05, 3.63) is 46.4 Å². The van der Waals surface area contributed by atoms with Gasteiger partial charge in [0.25, 0.3) is 0 Å². The third-order valence-electron chi connectivity index (χ3n) is 2.95. The van der Waals surface area contributed by atoms with Gasteiger partial charge >= 0.3 is 0 Å². The summed E-state index contributed by atoms with van der Waals surface area (Å²) in [6.07, 6.45) is 0. The van der Waals surface area contributed by atoms with Crippen molar-refractivity contribution in [1.82, 2.24) is 0 Å². The predicted molar refractivity (Wildman–Crippen MR) is 95.4 cm³/mol. The highest BCUT2D eigenvalue weighted by Gasteiger charge is 2.11. The van der Waals surface area contributed by atoms with Crippen molar-refractivity contribution in [3.63, 3.8) is 0 Å². The van der Waals surface area contributed by atoms with Gasteiger partial charge in [-0.15, -0.1) is 11.8 Å². The molecule has 0 aliphatic rings. The van der Waals surface area contributed by atoms with Crippen LogP contribution in [0.25, 0.3) is 0 Å². The average Bonchev–Trinajstić information content (AvgIpc) is 2.56. The van der Waals surface area contributed by atoms with Crippen LogP contribution in [0.4, 0.5) is 5.69 Å². The Kier molecular flexibility index (Phi) is 6.45. The maximum atomic E-state index is 12.1. The van der Waals surface area contributed by atoms with Crippen LogP contribution in [0.3, 0.4) is 0 Å². The molecule has 1 N–H and O–H groups in total. The highest BCUT2D eigenvalue weighted by Crippen LogP contribution is 2.33. The molecule has 0 unspecified atom stereocenters. The number of hydrogen-bond acceptors (Lipinski definition) is 4. The Hall–Kier alpha value is -1.56. The molecule has 0 aromatic heterocycles. The zero-order valence-electron chi connectivity index (χ0n) is 12.6. The summed E-state index contributed by atoms with van der Waals surface area (Å²) in [5.74, 6) is 1.29. The van der Waals surface area contributed by atoms with E-state index < -0.39 is 0 Å². The minimum Gasteiger partial charge on any atom is -0.493 e. The van der Waals surface area contributed by atoms with Gasteiger partial charge in [-0.25, -0.2) is 0 Å². The van der Waals surface area contributed by atoms with Gasteiger partial charge in [0.15, 0.2) is 11.5 Å². The van der Waals surface area contributed by atoms with E-state index in [9.17, 15) is 4.79 Å². The normalized spacial score (nSPS) is 10.3. The number of anilines is 1. The molecule has 4 nitrogen and oxygen atoms in total. The smallest absolute Gasteiger partial charge is 0.234 e. The molecule has 0 fully saturated rings. The summed E-state index contributed by atoms with van der Waals surface area (Å²) in [7, 11) is 3.14. The Labute approximate surface area is 149 Å². The van der Waals surface area contributed by atoms with Gasteiger partial charge in [0.1, 0.15) is 0 Å². The molecule has 0 spiro atoms. The maximum Gasteiger partial charge on any atom is 0.234 e. The average molecular weight is 372 g/mol. The van der Waals surface area contributed by atoms with Crippen LogP contribution in [0, 0.1) is 0 Å². The molecular weight excluding hydrogens is 357 g/mol. The number of halogens is 2. The third kappa shape index (κ3) is 4.70. The molecule has 2 aromatic carbocycles. The van der Waals surface area contributed by atoms with E-state index in [0.29, 0.717) is 27.2 Å². The molecule has 0 saturated carbocycles. The number of hydrogen-bond donors (Lipinski definition) is 1. The van der Waals surface area contributed by atoms with Gasteiger partial charge in [0, 0.05) is 4.90 Å². The van der Waals surface area contributed by atoms with Gasteiger partial charge in [-0.2, -0.15) is 0 Å². The van der Waals surface area contributed by atoms with Crippen LogP contribution in [0.1, 0.15) is 0 Å². The van der Waals surface area contributed by atoms with Crippen LogP contribution in [-0.4, -0.2) is 25.9 Å². The standard InChI is InChI=1S/C16H15Cl2NO3S/c1-21-13-7-6-10(8-14(13)22-2)23-9-15(20)19-16-11(17)4-3-5-12(16)18/h3-8H,9H2,1-2H3,(H,19,20). The van der Waals surface area contributed by atoms with Crippen LogP contribution >= 0.6 is 35.0 Å². The summed E-state index contributed by atoms with van der Waals surface area (Å²) in [5.41, 5.74) is 0.425. The Balaban J connectivity index is 1.99. The van der Waals surface area contributed by atoms with E-state index in [0.717, 1.165) is 4.90 Å². The predicted octanol–water partition coefficient (Wildman–Crippen LogP) is 4.74. The van der Waals surface area contributed by atoms with Gasteiger partial charge in [0.05, 0.1) is 35.7 Å². The number of methoxy groups -OCH3 is 2. The number of ether oxygens (including phenoxy) is 2. The van der Waals surface area contributed by atoms with Crippen LogP contribution < -0.4 is 14.8 Å². The number of rotatable bonds is 6. The van der Waals surface area contributed by atoms with Crippen molar-refractivity contribution in [1.29, 1.82) is 0 Å². The molecule has 0 heterocycles. The topological polar surface area (TPSA) is 47.6 Å². The zero-order chi connectivity index (χ0) is 16.8. The first-order valence-corrected chi connectivity index (χ1v) is 8.38. The fraction of sp³-hybridized carbons (Fsp3) is 0.188. The second kappa shape index (κ2) is 8.34. The molecule has 0 atom stereocenters. The van der Waals surface area contributed by atoms with Crippen molar-refractivity contribution < 1.29 is 14.3 Å². The SMILES string of the molecule is COc1ccc(SCC(=O)Nc2c(Cl)cccc2Cl)cc1OC. The van der Waals surface area contributed by atoms with Gasteiger partial charge in [-0.05, 0) is 30.3 Å². The number of carbonyl (C=O) groups excluding carboxylic acids is 1. The Morgan fingerprint density at radius 3 is 2.35 bits per heavy atom. The first kappa shape index (κ1) is 17.8. The molecule has 0 saturated heterocycles. The third-order valence-corrected chi connectivity index (χ3v) is 4.58. The van der Waals surface area contributed by atoms with Crippen molar-refractivity contribution in [2.24, 2.45) is 0 Å². The van der Waals surface area contributed by atoms with E-state index in [1.807, 2.05) is 12.1 Å². The minimum atomic E-state index is -0.195. The lowest BCUT2D eigenvalue weighted by atomic mass is 10.3. The highest BCUT2D eigenvalue weighted by molar-refractivity contribution is 8.00. The van der Waals surface area contributed by atoms with Gasteiger partial charge in [-0.1, -0.05) is 29.3 Å². The van der Waals surface area contributed by atoms with Crippen LogP contribution in [0.5, 0.6) is 11.5 Å². The van der Waals surface area contributed by atoms with Gasteiger partial charge < -0.3 is 14.8 Å². The molecule has 0 aliphatic carbocycles. The Morgan fingerprint density at radius 2 is 1.74 bits per heavy atom. The summed E-state index contributed by atoms with van der Waals surface area (Å²) in [4.78, 5) is 13.0. The van der Waals surface area contributed by atoms with Gasteiger partial charge in [-0.3, -0.25) is 4.79 Å². The van der Waals surface area contributed by atoms with E-state index >= 15 is 0 Å². The second-order valence-electron chi connectivity index (χ2n) is 4.45. The number of para-hydroxylation sites is 1. The molecule has 0 bridgehead atoms. The van der Waals surface area contributed by atoms with E-state index in [4.69, 9.17) is 32.7 Å². The van der Waals surface area contributed by atoms with Gasteiger partial charge in [0.2, 0.25) is 5.91 Å². The van der Waals surface area contributed by atoms with Crippen LogP contribution in [0.15, 0.2) is 41.3 Å². The van der Waals surface area contributed by atoms with Crippen molar-refractivity contribution >= 4 is 46.6 Å². The van der Waals surface area contributed by atoms with E-state index in [-0.39, 0.29) is 11.7 Å². The molecule has 23 heavy (non-hydrogen) atoms. The Bertz CT molecular complexity index is 689. The maximum absolute atomic E-state index is 12.1. The lowest BCUT2D eigenvalue weighted by Gasteiger charge is -2.10. The number of benzene rings is 2. The lowest BCUT2D eigenvalue weighted by Crippen LogP contribution is -2.14. The second-order valence-corrected chi connectivity index (χ2v) is 6.31. The summed E-state index contributed by atoms with van der Waals surface area (Å²) in [6.45, 7) is 0. The largest absolute Gasteiger partial charge is 0.493 e. The summed E-state index contributed by atoms with van der Waals surface area (Å²) in [5, 5.41) is 3.53. The first-order chi connectivity index (χ1) is 11.0. The van der Waals surface area contributed by atoms with Crippen molar-refractivity contribution in [2.45, 2.75) is 4.90 Å². The molecule has 7 heteroatoms. The van der Waals surface area contributed by atoms with E-state index in [1.165, 1.54) is 11.8 Å². The van der Waals surface area contributed by atoms with Crippen molar-refractivity contribution in [3.8, 4) is 11.5 Å².